The van der Waals surface area contributed by atoms with Gasteiger partial charge in [0.1, 0.15) is 11.6 Å². The number of hydrogen-bond acceptors (Lipinski definition) is 3. The Kier molecular flexibility index (Phi) is 4.14. The van der Waals surface area contributed by atoms with Crippen molar-refractivity contribution >= 4 is 23.0 Å². The Bertz CT molecular complexity index is 665. The molecule has 0 heterocycles. The first-order valence-electron chi connectivity index (χ1n) is 5.59. The fraction of sp³-hybridized carbons (Fsp3) is 0.0769. The van der Waals surface area contributed by atoms with Crippen molar-refractivity contribution in [1.29, 1.82) is 0 Å². The molecule has 1 N–H and O–H groups in total. The van der Waals surface area contributed by atoms with Crippen LogP contribution < -0.4 is 5.32 Å². The summed E-state index contributed by atoms with van der Waals surface area (Å²) in [4.78, 5) is 10.1. The van der Waals surface area contributed by atoms with Crippen LogP contribution in [0, 0.1) is 21.7 Å². The predicted molar refractivity (Wildman–Crippen MR) is 71.8 cm³/mol. The molecule has 0 fully saturated rings. The van der Waals surface area contributed by atoms with Gasteiger partial charge in [0.15, 0.2) is 0 Å². The van der Waals surface area contributed by atoms with E-state index in [1.54, 1.807) is 0 Å². The van der Waals surface area contributed by atoms with Crippen molar-refractivity contribution < 1.29 is 13.7 Å². The van der Waals surface area contributed by atoms with E-state index in [9.17, 15) is 18.9 Å². The lowest BCUT2D eigenvalue weighted by atomic mass is 10.2. The number of benzene rings is 2. The molecular weight excluding hydrogens is 290 g/mol. The fourth-order valence-corrected chi connectivity index (χ4v) is 1.82. The summed E-state index contributed by atoms with van der Waals surface area (Å²) >= 11 is 5.89. The van der Waals surface area contributed by atoms with Gasteiger partial charge in [-0.2, -0.15) is 0 Å². The molecule has 0 spiro atoms. The van der Waals surface area contributed by atoms with Crippen LogP contribution in [0.2, 0.25) is 5.02 Å². The number of non-ortho nitro benzene ring substituents is 1. The van der Waals surface area contributed by atoms with Crippen LogP contribution in [0.5, 0.6) is 0 Å². The summed E-state index contributed by atoms with van der Waals surface area (Å²) in [6, 6.07) is 6.94. The summed E-state index contributed by atoms with van der Waals surface area (Å²) < 4.78 is 26.4. The normalized spacial score (nSPS) is 10.3. The van der Waals surface area contributed by atoms with Crippen LogP contribution in [0.4, 0.5) is 20.2 Å². The summed E-state index contributed by atoms with van der Waals surface area (Å²) in [5.41, 5.74) is 0.244. The van der Waals surface area contributed by atoms with E-state index in [-0.39, 0.29) is 28.5 Å². The standard InChI is InChI=1S/C13H9ClF2N2O2/c14-11-3-2-10(18(19)20)6-13(11)17-7-8-5-9(15)1-4-12(8)16/h1-6,17H,7H2. The summed E-state index contributed by atoms with van der Waals surface area (Å²) in [5.74, 6) is -1.13. The molecule has 0 aliphatic carbocycles. The van der Waals surface area contributed by atoms with E-state index in [2.05, 4.69) is 5.32 Å². The maximum atomic E-state index is 13.4. The van der Waals surface area contributed by atoms with Crippen LogP contribution in [0.25, 0.3) is 0 Å². The number of nitrogens with zero attached hydrogens (tertiary/aromatic N) is 1. The van der Waals surface area contributed by atoms with Gasteiger partial charge < -0.3 is 5.32 Å². The fourth-order valence-electron chi connectivity index (χ4n) is 1.63. The number of nitrogens with one attached hydrogen (secondary N) is 1. The van der Waals surface area contributed by atoms with Crippen LogP contribution >= 0.6 is 11.6 Å². The molecular formula is C13H9ClF2N2O2. The highest BCUT2D eigenvalue weighted by Gasteiger charge is 2.10. The zero-order chi connectivity index (χ0) is 14.7. The van der Waals surface area contributed by atoms with Gasteiger partial charge >= 0.3 is 0 Å². The van der Waals surface area contributed by atoms with Crippen molar-refractivity contribution in [3.8, 4) is 0 Å². The van der Waals surface area contributed by atoms with Crippen molar-refractivity contribution in [3.63, 3.8) is 0 Å². The molecule has 2 aromatic rings. The van der Waals surface area contributed by atoms with Gasteiger partial charge in [-0.25, -0.2) is 8.78 Å². The molecule has 2 aromatic carbocycles. The van der Waals surface area contributed by atoms with E-state index in [1.807, 2.05) is 0 Å². The van der Waals surface area contributed by atoms with E-state index in [1.165, 1.54) is 18.2 Å². The van der Waals surface area contributed by atoms with Crippen molar-refractivity contribution in [2.75, 3.05) is 5.32 Å². The second-order valence-electron chi connectivity index (χ2n) is 4.01. The SMILES string of the molecule is O=[N+]([O-])c1ccc(Cl)c(NCc2cc(F)ccc2F)c1. The summed E-state index contributed by atoms with van der Waals surface area (Å²) in [6.45, 7) is -0.0372. The molecule has 0 amide bonds. The monoisotopic (exact) mass is 298 g/mol. The number of nitro benzene ring substituents is 1. The molecule has 0 saturated heterocycles. The van der Waals surface area contributed by atoms with E-state index in [4.69, 9.17) is 11.6 Å². The minimum atomic E-state index is -0.569. The summed E-state index contributed by atoms with van der Waals surface area (Å²) in [5, 5.41) is 13.7. The molecule has 0 bridgehead atoms. The Morgan fingerprint density at radius 1 is 1.20 bits per heavy atom. The minimum absolute atomic E-state index is 0.0372. The van der Waals surface area contributed by atoms with E-state index in [0.717, 1.165) is 18.2 Å². The molecule has 0 aromatic heterocycles. The van der Waals surface area contributed by atoms with Gasteiger partial charge in [-0.15, -0.1) is 0 Å². The number of anilines is 1. The first kappa shape index (κ1) is 14.2. The number of nitro groups is 1. The first-order chi connectivity index (χ1) is 9.47. The molecule has 0 saturated carbocycles. The predicted octanol–water partition coefficient (Wildman–Crippen LogP) is 4.14. The Hall–Kier alpha value is -2.21. The Morgan fingerprint density at radius 3 is 2.65 bits per heavy atom. The first-order valence-corrected chi connectivity index (χ1v) is 5.97. The maximum absolute atomic E-state index is 13.4. The van der Waals surface area contributed by atoms with Crippen LogP contribution in [0.15, 0.2) is 36.4 Å². The zero-order valence-corrected chi connectivity index (χ0v) is 10.8. The lowest BCUT2D eigenvalue weighted by Crippen LogP contribution is -2.03. The second-order valence-corrected chi connectivity index (χ2v) is 4.42. The number of rotatable bonds is 4. The molecule has 0 radical (unpaired) electrons. The van der Waals surface area contributed by atoms with Gasteiger partial charge in [0.25, 0.3) is 5.69 Å². The third kappa shape index (κ3) is 3.21. The smallest absolute Gasteiger partial charge is 0.271 e. The van der Waals surface area contributed by atoms with Crippen LogP contribution in [-0.4, -0.2) is 4.92 Å². The lowest BCUT2D eigenvalue weighted by molar-refractivity contribution is -0.384. The molecule has 0 aliphatic heterocycles. The van der Waals surface area contributed by atoms with Gasteiger partial charge in [0.2, 0.25) is 0 Å². The zero-order valence-electron chi connectivity index (χ0n) is 10.1. The van der Waals surface area contributed by atoms with Gasteiger partial charge in [0, 0.05) is 24.2 Å². The minimum Gasteiger partial charge on any atom is -0.379 e. The van der Waals surface area contributed by atoms with Crippen LogP contribution in [-0.2, 0) is 6.54 Å². The highest BCUT2D eigenvalue weighted by molar-refractivity contribution is 6.33. The van der Waals surface area contributed by atoms with E-state index < -0.39 is 16.6 Å². The molecule has 0 unspecified atom stereocenters. The van der Waals surface area contributed by atoms with Gasteiger partial charge in [-0.05, 0) is 24.3 Å². The molecule has 20 heavy (non-hydrogen) atoms. The molecule has 4 nitrogen and oxygen atoms in total. The topological polar surface area (TPSA) is 55.2 Å². The Balaban J connectivity index is 2.20. The summed E-state index contributed by atoms with van der Waals surface area (Å²) in [6.07, 6.45) is 0. The number of hydrogen-bond donors (Lipinski definition) is 1. The molecule has 104 valence electrons. The van der Waals surface area contributed by atoms with Crippen LogP contribution in [0.1, 0.15) is 5.56 Å². The van der Waals surface area contributed by atoms with Crippen molar-refractivity contribution in [3.05, 3.63) is 68.7 Å². The van der Waals surface area contributed by atoms with Gasteiger partial charge in [0.05, 0.1) is 15.6 Å². The molecule has 2 rings (SSSR count). The van der Waals surface area contributed by atoms with E-state index >= 15 is 0 Å². The van der Waals surface area contributed by atoms with Crippen LogP contribution in [0.3, 0.4) is 0 Å². The summed E-state index contributed by atoms with van der Waals surface area (Å²) in [7, 11) is 0. The third-order valence-corrected chi connectivity index (χ3v) is 2.97. The van der Waals surface area contributed by atoms with Gasteiger partial charge in [-0.3, -0.25) is 10.1 Å². The highest BCUT2D eigenvalue weighted by atomic mass is 35.5. The molecule has 0 atom stereocenters. The maximum Gasteiger partial charge on any atom is 0.271 e. The second kappa shape index (κ2) is 5.83. The van der Waals surface area contributed by atoms with Crippen molar-refractivity contribution in [2.45, 2.75) is 6.54 Å². The molecule has 7 heteroatoms. The number of halogens is 3. The lowest BCUT2D eigenvalue weighted by Gasteiger charge is -2.09. The van der Waals surface area contributed by atoms with Gasteiger partial charge in [-0.1, -0.05) is 11.6 Å². The highest BCUT2D eigenvalue weighted by Crippen LogP contribution is 2.27. The van der Waals surface area contributed by atoms with E-state index in [0.29, 0.717) is 0 Å². The average Bonchev–Trinajstić information content (AvgIpc) is 2.41. The largest absolute Gasteiger partial charge is 0.379 e. The van der Waals surface area contributed by atoms with Crippen molar-refractivity contribution in [2.24, 2.45) is 0 Å². The average molecular weight is 299 g/mol. The van der Waals surface area contributed by atoms with Crippen molar-refractivity contribution in [1.82, 2.24) is 0 Å². The Morgan fingerprint density at radius 2 is 1.95 bits per heavy atom. The third-order valence-electron chi connectivity index (χ3n) is 2.64. The quantitative estimate of drug-likeness (QED) is 0.682. The Labute approximate surface area is 118 Å². The molecule has 0 aliphatic rings.